The predicted octanol–water partition coefficient (Wildman–Crippen LogP) is 7.02. The van der Waals surface area contributed by atoms with Crippen LogP contribution in [0.3, 0.4) is 0 Å². The summed E-state index contributed by atoms with van der Waals surface area (Å²) in [5.74, 6) is 3.70. The van der Waals surface area contributed by atoms with Crippen LogP contribution >= 0.6 is 0 Å². The van der Waals surface area contributed by atoms with Crippen LogP contribution in [0.2, 0.25) is 0 Å². The molecule has 6 heteroatoms. The second-order valence-electron chi connectivity index (χ2n) is 13.2. The van der Waals surface area contributed by atoms with E-state index < -0.39 is 0 Å². The minimum absolute atomic E-state index is 0. The van der Waals surface area contributed by atoms with E-state index in [0.717, 1.165) is 31.6 Å². The van der Waals surface area contributed by atoms with Gasteiger partial charge in [0.1, 0.15) is 0 Å². The standard InChI is InChI=1S/C30H50O3.3Y/c1-7-20(2)19-33-27(32)13-8-21(3)24-11-12-25-26-10-9-22-18-23(31)14-15-29(22,5)30(26,6)17-16-28(24,25)4;;;/h10,16,20-26,31H,7-9,11-15,17-19H2,1-6H3;;;/q-2;;;/t20?,21-,22?,23-,24-,25+,26?,28-,29+,30+;;;/m1.../s1. The molecule has 1 N–H and O–H groups in total. The van der Waals surface area contributed by atoms with E-state index >= 15 is 0 Å². The third kappa shape index (κ3) is 6.86. The topological polar surface area (TPSA) is 46.5 Å². The SMILES string of the molecule is CCC(C)COC(=O)CC[C@@H](C)[C@H]1CC[C@H]2C3[CH-]CC4C[C@H](O)CC[C@]4(C)[C@@]3(C)C[CH-][C@]12C.[Y].[Y].[Y]. The van der Waals surface area contributed by atoms with Crippen molar-refractivity contribution in [3.8, 4) is 0 Å². The first-order chi connectivity index (χ1) is 15.5. The molecule has 10 atom stereocenters. The van der Waals surface area contributed by atoms with Crippen LogP contribution in [0.1, 0.15) is 106 Å². The van der Waals surface area contributed by atoms with Gasteiger partial charge >= 0.3 is 5.97 Å². The fraction of sp³-hybridized carbons (Fsp3) is 0.900. The van der Waals surface area contributed by atoms with Gasteiger partial charge < -0.3 is 22.7 Å². The van der Waals surface area contributed by atoms with E-state index in [9.17, 15) is 9.90 Å². The molecule has 4 rings (SSSR count). The van der Waals surface area contributed by atoms with Gasteiger partial charge in [0, 0.05) is 105 Å². The second kappa shape index (κ2) is 14.8. The molecular formula is C30H50O3Y3-2. The van der Waals surface area contributed by atoms with Crippen molar-refractivity contribution in [1.82, 2.24) is 0 Å². The van der Waals surface area contributed by atoms with Gasteiger partial charge in [-0.3, -0.25) is 4.79 Å². The molecule has 4 aliphatic carbocycles. The molecule has 4 aliphatic rings. The minimum atomic E-state index is -0.0944. The Morgan fingerprint density at radius 3 is 2.44 bits per heavy atom. The van der Waals surface area contributed by atoms with Crippen LogP contribution in [0.15, 0.2) is 0 Å². The Hall–Kier alpha value is 2.74. The van der Waals surface area contributed by atoms with Crippen LogP contribution < -0.4 is 0 Å². The second-order valence-corrected chi connectivity index (χ2v) is 13.2. The van der Waals surface area contributed by atoms with Crippen molar-refractivity contribution in [2.45, 2.75) is 112 Å². The maximum Gasteiger partial charge on any atom is 0.305 e. The quantitative estimate of drug-likeness (QED) is 0.227. The van der Waals surface area contributed by atoms with Gasteiger partial charge in [-0.2, -0.15) is 24.2 Å². The zero-order chi connectivity index (χ0) is 24.0. The molecule has 0 aromatic heterocycles. The van der Waals surface area contributed by atoms with Crippen molar-refractivity contribution < 1.29 is 113 Å². The number of fused-ring (bicyclic) bond motifs is 5. The van der Waals surface area contributed by atoms with Crippen LogP contribution in [0.25, 0.3) is 0 Å². The van der Waals surface area contributed by atoms with Gasteiger partial charge in [-0.25, -0.2) is 0 Å². The molecule has 0 heterocycles. The molecule has 3 unspecified atom stereocenters. The summed E-state index contributed by atoms with van der Waals surface area (Å²) in [7, 11) is 0. The minimum Gasteiger partial charge on any atom is -0.465 e. The summed E-state index contributed by atoms with van der Waals surface area (Å²) in [6.45, 7) is 14.9. The zero-order valence-corrected chi connectivity index (χ0v) is 32.5. The summed E-state index contributed by atoms with van der Waals surface area (Å²) in [5, 5.41) is 10.3. The summed E-state index contributed by atoms with van der Waals surface area (Å²) in [4.78, 5) is 12.3. The first kappa shape index (κ1) is 36.8. The Morgan fingerprint density at radius 1 is 1.08 bits per heavy atom. The van der Waals surface area contributed by atoms with E-state index in [1.807, 2.05) is 0 Å². The van der Waals surface area contributed by atoms with E-state index in [0.29, 0.717) is 53.4 Å². The molecule has 3 radical (unpaired) electrons. The van der Waals surface area contributed by atoms with Crippen LogP contribution in [-0.4, -0.2) is 23.8 Å². The van der Waals surface area contributed by atoms with Gasteiger partial charge in [0.15, 0.2) is 0 Å². The largest absolute Gasteiger partial charge is 0.465 e. The number of ether oxygens (including phenoxy) is 1. The van der Waals surface area contributed by atoms with Gasteiger partial charge in [0.25, 0.3) is 0 Å². The summed E-state index contributed by atoms with van der Waals surface area (Å²) in [6, 6.07) is 0. The van der Waals surface area contributed by atoms with Crippen molar-refractivity contribution in [2.75, 3.05) is 6.61 Å². The van der Waals surface area contributed by atoms with Crippen molar-refractivity contribution >= 4 is 5.97 Å². The molecular weight excluding hydrogens is 675 g/mol. The summed E-state index contributed by atoms with van der Waals surface area (Å²) < 4.78 is 5.52. The van der Waals surface area contributed by atoms with E-state index in [2.05, 4.69) is 54.4 Å². The maximum atomic E-state index is 12.3. The Kier molecular flexibility index (Phi) is 15.1. The molecule has 0 aliphatic heterocycles. The third-order valence-corrected chi connectivity index (χ3v) is 11.7. The number of carbonyl (C=O) groups is 1. The molecule has 0 amide bonds. The smallest absolute Gasteiger partial charge is 0.305 e. The summed E-state index contributed by atoms with van der Waals surface area (Å²) >= 11 is 0. The molecule has 36 heavy (non-hydrogen) atoms. The molecule has 0 spiro atoms. The Bertz CT molecular complexity index is 720. The van der Waals surface area contributed by atoms with E-state index in [4.69, 9.17) is 4.74 Å². The Balaban J connectivity index is 0.00000216. The molecule has 4 saturated carbocycles. The number of hydrogen-bond donors (Lipinski definition) is 1. The van der Waals surface area contributed by atoms with Crippen LogP contribution in [0.4, 0.5) is 0 Å². The summed E-state index contributed by atoms with van der Waals surface area (Å²) in [6.07, 6.45) is 16.0. The van der Waals surface area contributed by atoms with Gasteiger partial charge in [-0.05, 0) is 42.9 Å². The molecule has 199 valence electrons. The Morgan fingerprint density at radius 2 is 1.78 bits per heavy atom. The van der Waals surface area contributed by atoms with E-state index in [1.165, 1.54) is 32.1 Å². The first-order valence-electron chi connectivity index (χ1n) is 14.1. The van der Waals surface area contributed by atoms with Crippen LogP contribution in [0.5, 0.6) is 0 Å². The van der Waals surface area contributed by atoms with Gasteiger partial charge in [-0.1, -0.05) is 84.0 Å². The molecule has 0 aromatic carbocycles. The third-order valence-electron chi connectivity index (χ3n) is 11.7. The molecule has 4 fully saturated rings. The Labute approximate surface area is 298 Å². The molecule has 0 bridgehead atoms. The fourth-order valence-electron chi connectivity index (χ4n) is 8.84. The van der Waals surface area contributed by atoms with Crippen LogP contribution in [0, 0.1) is 64.6 Å². The van der Waals surface area contributed by atoms with Gasteiger partial charge in [-0.15, -0.1) is 0 Å². The maximum absolute atomic E-state index is 12.3. The fourth-order valence-corrected chi connectivity index (χ4v) is 8.84. The number of aliphatic hydroxyl groups excluding tert-OH is 1. The zero-order valence-electron chi connectivity index (χ0n) is 24.0. The predicted molar refractivity (Wildman–Crippen MR) is 134 cm³/mol. The normalized spacial score (nSPS) is 42.7. The molecule has 0 saturated heterocycles. The number of aliphatic hydroxyl groups is 1. The number of rotatable bonds is 7. The van der Waals surface area contributed by atoms with Crippen molar-refractivity contribution in [1.29, 1.82) is 0 Å². The van der Waals surface area contributed by atoms with Gasteiger partial charge in [0.05, 0.1) is 12.7 Å². The van der Waals surface area contributed by atoms with E-state index in [-0.39, 0.29) is 116 Å². The number of esters is 1. The summed E-state index contributed by atoms with van der Waals surface area (Å²) in [5.41, 5.74) is 0.933. The molecule has 3 nitrogen and oxygen atoms in total. The van der Waals surface area contributed by atoms with Crippen molar-refractivity contribution in [3.05, 3.63) is 12.8 Å². The first-order valence-corrected chi connectivity index (χ1v) is 14.1. The monoisotopic (exact) mass is 725 g/mol. The molecule has 0 aromatic rings. The average molecular weight is 725 g/mol. The van der Waals surface area contributed by atoms with Crippen molar-refractivity contribution in [2.24, 2.45) is 51.8 Å². The number of hydrogen-bond acceptors (Lipinski definition) is 3. The van der Waals surface area contributed by atoms with Gasteiger partial charge in [0.2, 0.25) is 0 Å². The average Bonchev–Trinajstić information content (AvgIpc) is 3.14. The number of carbonyl (C=O) groups excluding carboxylic acids is 1. The van der Waals surface area contributed by atoms with Crippen LogP contribution in [-0.2, 0) is 108 Å². The van der Waals surface area contributed by atoms with Crippen molar-refractivity contribution in [3.63, 3.8) is 0 Å². The van der Waals surface area contributed by atoms with E-state index in [1.54, 1.807) is 0 Å².